The predicted octanol–water partition coefficient (Wildman–Crippen LogP) is 2.09. The topological polar surface area (TPSA) is 202 Å². The van der Waals surface area contributed by atoms with E-state index in [4.69, 9.17) is 23.1 Å². The third kappa shape index (κ3) is 7.04. The lowest BCUT2D eigenvalue weighted by atomic mass is 9.42. The molecular formula is C35H60O13S. The molecule has 4 saturated carbocycles. The van der Waals surface area contributed by atoms with Crippen LogP contribution in [0.4, 0.5) is 0 Å². The van der Waals surface area contributed by atoms with Crippen LogP contribution in [0.5, 0.6) is 0 Å². The summed E-state index contributed by atoms with van der Waals surface area (Å²) in [7, 11) is -2.04. The fraction of sp³-hybridized carbons (Fsp3) is 0.943. The summed E-state index contributed by atoms with van der Waals surface area (Å²) in [5.41, 5.74) is -2.99. The van der Waals surface area contributed by atoms with Crippen molar-refractivity contribution >= 4 is 10.4 Å². The van der Waals surface area contributed by atoms with Gasteiger partial charge in [-0.25, -0.2) is 4.18 Å². The molecular weight excluding hydrogens is 660 g/mol. The third-order valence-electron chi connectivity index (χ3n) is 13.6. The van der Waals surface area contributed by atoms with Gasteiger partial charge in [0.05, 0.1) is 30.5 Å². The van der Waals surface area contributed by atoms with Crippen LogP contribution in [0.25, 0.3) is 0 Å². The zero-order valence-electron chi connectivity index (χ0n) is 29.9. The molecule has 0 aromatic heterocycles. The van der Waals surface area contributed by atoms with E-state index in [0.717, 1.165) is 0 Å². The number of allylic oxidation sites excluding steroid dienone is 1. The van der Waals surface area contributed by atoms with Gasteiger partial charge in [0, 0.05) is 39.1 Å². The Morgan fingerprint density at radius 1 is 0.959 bits per heavy atom. The number of hydrogen-bond donors (Lipinski definition) is 6. The van der Waals surface area contributed by atoms with Crippen molar-refractivity contribution in [3.05, 3.63) is 12.2 Å². The highest BCUT2D eigenvalue weighted by Crippen LogP contribution is 2.70. The fourth-order valence-electron chi connectivity index (χ4n) is 11.2. The van der Waals surface area contributed by atoms with Crippen LogP contribution in [0.1, 0.15) is 73.1 Å². The molecule has 1 heterocycles. The standard InChI is InChI=1S/C35H60O13S/c1-18(2)20(16-36)9-8-19(3)26-28(39)29(48-49(41,42)43)31-34(26,5)13-11-25-33(4)12-10-21(14-22(33)23(37)15-35(25,31)40)47-32-30(45-7)27(38)24(44-6)17-46-32/h8-9,18-32,36-40H,10-17H2,1-7H3,(H,41,42,43)/b9-8+/t19-,20-,21+,22?,23-,24-,25?,26+,27+,28-,29+,30-,31?,32+,33+,34-,35+/m1/s1. The molecule has 0 aromatic carbocycles. The molecule has 5 rings (SSSR count). The number of rotatable bonds is 11. The zero-order valence-corrected chi connectivity index (χ0v) is 30.7. The number of aliphatic hydroxyl groups is 5. The molecule has 5 fully saturated rings. The average Bonchev–Trinajstić information content (AvgIpc) is 3.23. The van der Waals surface area contributed by atoms with Gasteiger partial charge in [-0.15, -0.1) is 0 Å². The second kappa shape index (κ2) is 14.6. The summed E-state index contributed by atoms with van der Waals surface area (Å²) < 4.78 is 62.7. The van der Waals surface area contributed by atoms with Crippen molar-refractivity contribution in [1.82, 2.24) is 0 Å². The highest BCUT2D eigenvalue weighted by molar-refractivity contribution is 7.80. The van der Waals surface area contributed by atoms with E-state index in [1.807, 2.05) is 39.8 Å². The van der Waals surface area contributed by atoms with Gasteiger partial charge < -0.3 is 44.5 Å². The normalized spacial score (nSPS) is 48.6. The molecule has 5 aliphatic rings. The summed E-state index contributed by atoms with van der Waals surface area (Å²) >= 11 is 0. The Hall–Kier alpha value is -0.750. The highest BCUT2D eigenvalue weighted by atomic mass is 32.3. The van der Waals surface area contributed by atoms with Crippen molar-refractivity contribution in [3.63, 3.8) is 0 Å². The maximum absolute atomic E-state index is 12.9. The lowest BCUT2D eigenvalue weighted by molar-refractivity contribution is -0.305. The summed E-state index contributed by atoms with van der Waals surface area (Å²) in [6, 6.07) is 0. The monoisotopic (exact) mass is 720 g/mol. The molecule has 13 nitrogen and oxygen atoms in total. The number of ether oxygens (including phenoxy) is 4. The predicted molar refractivity (Wildman–Crippen MR) is 177 cm³/mol. The van der Waals surface area contributed by atoms with Crippen molar-refractivity contribution < 1.29 is 61.6 Å². The average molecular weight is 721 g/mol. The Morgan fingerprint density at radius 2 is 1.63 bits per heavy atom. The molecule has 1 aliphatic heterocycles. The number of hydrogen-bond acceptors (Lipinski definition) is 12. The molecule has 0 aromatic rings. The van der Waals surface area contributed by atoms with E-state index in [2.05, 4.69) is 6.92 Å². The minimum Gasteiger partial charge on any atom is -0.396 e. The number of fused-ring (bicyclic) bond motifs is 5. The van der Waals surface area contributed by atoms with E-state index >= 15 is 0 Å². The van der Waals surface area contributed by atoms with Crippen molar-refractivity contribution in [2.24, 2.45) is 52.3 Å². The van der Waals surface area contributed by atoms with E-state index in [1.165, 1.54) is 14.2 Å². The fourth-order valence-corrected chi connectivity index (χ4v) is 11.7. The SMILES string of the molecule is CO[C@H]1[C@H](O[C@H]2CC[C@@]3(C)C(C2)[C@H](O)C[C@]2(O)C3CC[C@@]3(C)C2[C@@H](OS(=O)(=O)O)[C@H](O)[C@@H]3[C@H](C)/C=C/[C@H](CO)C(C)C)OC[C@@H](OC)[C@@H]1O. The van der Waals surface area contributed by atoms with E-state index in [-0.39, 0.29) is 55.3 Å². The van der Waals surface area contributed by atoms with E-state index in [1.54, 1.807) is 0 Å². The first-order chi connectivity index (χ1) is 22.9. The van der Waals surface area contributed by atoms with E-state index in [9.17, 15) is 38.5 Å². The smallest absolute Gasteiger partial charge is 0.396 e. The van der Waals surface area contributed by atoms with Gasteiger partial charge in [-0.3, -0.25) is 4.55 Å². The third-order valence-corrected chi connectivity index (χ3v) is 14.1. The molecule has 0 radical (unpaired) electrons. The highest BCUT2D eigenvalue weighted by Gasteiger charge is 2.73. The number of methoxy groups -OCH3 is 2. The summed E-state index contributed by atoms with van der Waals surface area (Å²) in [4.78, 5) is 0. The lowest BCUT2D eigenvalue weighted by Gasteiger charge is -2.66. The van der Waals surface area contributed by atoms with Crippen LogP contribution in [0.2, 0.25) is 0 Å². The molecule has 1 saturated heterocycles. The first-order valence-electron chi connectivity index (χ1n) is 17.9. The first kappa shape index (κ1) is 39.5. The summed E-state index contributed by atoms with van der Waals surface area (Å²) in [6.45, 7) is 10.1. The summed E-state index contributed by atoms with van der Waals surface area (Å²) in [6.07, 6.45) is -0.523. The van der Waals surface area contributed by atoms with Crippen LogP contribution in [0.15, 0.2) is 12.2 Å². The molecule has 6 N–H and O–H groups in total. The molecule has 49 heavy (non-hydrogen) atoms. The molecule has 3 unspecified atom stereocenters. The Bertz CT molecular complexity index is 1280. The van der Waals surface area contributed by atoms with Gasteiger partial charge in [-0.05, 0) is 72.5 Å². The molecule has 284 valence electrons. The Morgan fingerprint density at radius 3 is 2.22 bits per heavy atom. The van der Waals surface area contributed by atoms with Crippen LogP contribution in [-0.2, 0) is 33.5 Å². The van der Waals surface area contributed by atoms with Crippen LogP contribution in [0, 0.1) is 52.3 Å². The minimum absolute atomic E-state index is 0.0374. The maximum Gasteiger partial charge on any atom is 0.397 e. The molecule has 17 atom stereocenters. The lowest BCUT2D eigenvalue weighted by Crippen LogP contribution is -2.69. The summed E-state index contributed by atoms with van der Waals surface area (Å²) in [5, 5.41) is 57.2. The quantitative estimate of drug-likeness (QED) is 0.103. The molecule has 0 bridgehead atoms. The van der Waals surface area contributed by atoms with Crippen molar-refractivity contribution in [2.45, 2.75) is 128 Å². The zero-order chi connectivity index (χ0) is 36.3. The van der Waals surface area contributed by atoms with Crippen molar-refractivity contribution in [2.75, 3.05) is 27.4 Å². The van der Waals surface area contributed by atoms with Crippen LogP contribution in [-0.4, -0.2) is 121 Å². The second-order valence-corrected chi connectivity index (χ2v) is 17.5. The summed E-state index contributed by atoms with van der Waals surface area (Å²) in [5.74, 6) is -2.29. The Kier molecular flexibility index (Phi) is 11.7. The van der Waals surface area contributed by atoms with E-state index < -0.39 is 81.6 Å². The largest absolute Gasteiger partial charge is 0.397 e. The van der Waals surface area contributed by atoms with Gasteiger partial charge in [-0.1, -0.05) is 46.8 Å². The minimum atomic E-state index is -5.01. The van der Waals surface area contributed by atoms with Gasteiger partial charge in [-0.2, -0.15) is 8.42 Å². The van der Waals surface area contributed by atoms with Gasteiger partial charge in [0.2, 0.25) is 0 Å². The first-order valence-corrected chi connectivity index (χ1v) is 19.3. The second-order valence-electron chi connectivity index (χ2n) is 16.5. The number of aliphatic hydroxyl groups excluding tert-OH is 4. The Labute approximate surface area is 291 Å². The maximum atomic E-state index is 12.9. The van der Waals surface area contributed by atoms with Gasteiger partial charge in [0.15, 0.2) is 6.29 Å². The van der Waals surface area contributed by atoms with Gasteiger partial charge >= 0.3 is 10.4 Å². The van der Waals surface area contributed by atoms with Gasteiger partial charge in [0.25, 0.3) is 0 Å². The molecule has 0 spiro atoms. The van der Waals surface area contributed by atoms with E-state index in [0.29, 0.717) is 32.1 Å². The Balaban J connectivity index is 1.42. The van der Waals surface area contributed by atoms with Crippen LogP contribution < -0.4 is 0 Å². The van der Waals surface area contributed by atoms with Gasteiger partial charge in [0.1, 0.15) is 24.4 Å². The molecule has 4 aliphatic carbocycles. The molecule has 0 amide bonds. The molecule has 14 heteroatoms. The van der Waals surface area contributed by atoms with Crippen molar-refractivity contribution in [1.29, 1.82) is 0 Å². The van der Waals surface area contributed by atoms with Crippen LogP contribution >= 0.6 is 0 Å². The van der Waals surface area contributed by atoms with Crippen LogP contribution in [0.3, 0.4) is 0 Å². The van der Waals surface area contributed by atoms with Crippen molar-refractivity contribution in [3.8, 4) is 0 Å².